The van der Waals surface area contributed by atoms with E-state index in [0.717, 1.165) is 5.56 Å². The van der Waals surface area contributed by atoms with Crippen LogP contribution in [0, 0.1) is 0 Å². The SMILES string of the molecule is COc1ccc(S(=O)(=O)Nc2cccc(-c3nnc(-c4ccccc4)o3)c2)cc1OC. The molecule has 0 aliphatic carbocycles. The second-order valence-electron chi connectivity index (χ2n) is 6.48. The van der Waals surface area contributed by atoms with Gasteiger partial charge in [-0.2, -0.15) is 0 Å². The van der Waals surface area contributed by atoms with Crippen LogP contribution in [0.4, 0.5) is 5.69 Å². The fourth-order valence-corrected chi connectivity index (χ4v) is 4.02. The molecule has 0 bridgehead atoms. The molecule has 4 rings (SSSR count). The topological polar surface area (TPSA) is 104 Å². The van der Waals surface area contributed by atoms with E-state index in [0.29, 0.717) is 28.6 Å². The van der Waals surface area contributed by atoms with Gasteiger partial charge in [0.05, 0.1) is 19.1 Å². The third-order valence-corrected chi connectivity index (χ3v) is 5.85. The highest BCUT2D eigenvalue weighted by atomic mass is 32.2. The maximum Gasteiger partial charge on any atom is 0.262 e. The van der Waals surface area contributed by atoms with Crippen molar-refractivity contribution in [3.05, 3.63) is 72.8 Å². The van der Waals surface area contributed by atoms with E-state index in [1.165, 1.54) is 32.4 Å². The molecule has 0 aliphatic rings. The lowest BCUT2D eigenvalue weighted by atomic mass is 10.2. The van der Waals surface area contributed by atoms with Gasteiger partial charge in [-0.25, -0.2) is 8.42 Å². The zero-order chi connectivity index (χ0) is 21.8. The molecule has 8 nitrogen and oxygen atoms in total. The highest BCUT2D eigenvalue weighted by Gasteiger charge is 2.18. The summed E-state index contributed by atoms with van der Waals surface area (Å²) in [6, 6.07) is 20.5. The lowest BCUT2D eigenvalue weighted by Crippen LogP contribution is -2.13. The Bertz CT molecular complexity index is 1300. The molecule has 3 aromatic carbocycles. The molecule has 1 heterocycles. The number of aromatic nitrogens is 2. The van der Waals surface area contributed by atoms with E-state index >= 15 is 0 Å². The van der Waals surface area contributed by atoms with Gasteiger partial charge in [0.25, 0.3) is 10.0 Å². The normalized spacial score (nSPS) is 11.2. The lowest BCUT2D eigenvalue weighted by Gasteiger charge is -2.12. The Balaban J connectivity index is 1.60. The molecule has 0 atom stereocenters. The Labute approximate surface area is 179 Å². The Morgan fingerprint density at radius 1 is 0.774 bits per heavy atom. The van der Waals surface area contributed by atoms with Crippen molar-refractivity contribution in [1.29, 1.82) is 0 Å². The summed E-state index contributed by atoms with van der Waals surface area (Å²) in [7, 11) is -0.933. The molecule has 1 aromatic heterocycles. The number of rotatable bonds is 7. The average Bonchev–Trinajstić information content (AvgIpc) is 3.29. The van der Waals surface area contributed by atoms with Gasteiger partial charge in [-0.05, 0) is 42.5 Å². The molecule has 0 amide bonds. The first kappa shape index (κ1) is 20.4. The van der Waals surface area contributed by atoms with E-state index in [1.54, 1.807) is 24.3 Å². The van der Waals surface area contributed by atoms with Crippen molar-refractivity contribution in [2.45, 2.75) is 4.90 Å². The van der Waals surface area contributed by atoms with E-state index in [9.17, 15) is 8.42 Å². The first-order valence-electron chi connectivity index (χ1n) is 9.24. The Hall–Kier alpha value is -3.85. The van der Waals surface area contributed by atoms with Crippen molar-refractivity contribution in [3.63, 3.8) is 0 Å². The molecule has 31 heavy (non-hydrogen) atoms. The molecule has 0 aliphatic heterocycles. The van der Waals surface area contributed by atoms with Crippen LogP contribution in [-0.4, -0.2) is 32.8 Å². The molecular formula is C22H19N3O5S. The molecule has 0 saturated heterocycles. The summed E-state index contributed by atoms with van der Waals surface area (Å²) >= 11 is 0. The summed E-state index contributed by atoms with van der Waals surface area (Å²) in [6.07, 6.45) is 0. The van der Waals surface area contributed by atoms with Crippen LogP contribution in [0.1, 0.15) is 0 Å². The van der Waals surface area contributed by atoms with E-state index in [2.05, 4.69) is 14.9 Å². The number of methoxy groups -OCH3 is 2. The van der Waals surface area contributed by atoms with Crippen LogP contribution in [0.5, 0.6) is 11.5 Å². The predicted octanol–water partition coefficient (Wildman–Crippen LogP) is 4.22. The average molecular weight is 437 g/mol. The predicted molar refractivity (Wildman–Crippen MR) is 116 cm³/mol. The van der Waals surface area contributed by atoms with Crippen molar-refractivity contribution in [2.75, 3.05) is 18.9 Å². The van der Waals surface area contributed by atoms with Crippen LogP contribution in [0.2, 0.25) is 0 Å². The van der Waals surface area contributed by atoms with Gasteiger partial charge < -0.3 is 13.9 Å². The maximum absolute atomic E-state index is 12.8. The quantitative estimate of drug-likeness (QED) is 0.462. The van der Waals surface area contributed by atoms with Gasteiger partial charge in [-0.1, -0.05) is 24.3 Å². The van der Waals surface area contributed by atoms with Crippen LogP contribution >= 0.6 is 0 Å². The first-order chi connectivity index (χ1) is 15.0. The summed E-state index contributed by atoms with van der Waals surface area (Å²) in [5.74, 6) is 1.42. The Kier molecular flexibility index (Phi) is 5.59. The van der Waals surface area contributed by atoms with Gasteiger partial charge >= 0.3 is 0 Å². The smallest absolute Gasteiger partial charge is 0.262 e. The molecule has 0 spiro atoms. The minimum Gasteiger partial charge on any atom is -0.493 e. The van der Waals surface area contributed by atoms with Crippen LogP contribution < -0.4 is 14.2 Å². The third kappa shape index (κ3) is 4.36. The number of benzene rings is 3. The summed E-state index contributed by atoms with van der Waals surface area (Å²) in [5, 5.41) is 8.15. The molecule has 9 heteroatoms. The molecule has 4 aromatic rings. The number of nitrogens with one attached hydrogen (secondary N) is 1. The van der Waals surface area contributed by atoms with Gasteiger partial charge in [-0.15, -0.1) is 10.2 Å². The highest BCUT2D eigenvalue weighted by molar-refractivity contribution is 7.92. The Morgan fingerprint density at radius 2 is 1.45 bits per heavy atom. The summed E-state index contributed by atoms with van der Waals surface area (Å²) < 4.78 is 44.4. The second kappa shape index (κ2) is 8.49. The second-order valence-corrected chi connectivity index (χ2v) is 8.16. The Morgan fingerprint density at radius 3 is 2.16 bits per heavy atom. The molecule has 0 unspecified atom stereocenters. The zero-order valence-electron chi connectivity index (χ0n) is 16.8. The van der Waals surface area contributed by atoms with Gasteiger partial charge in [0, 0.05) is 22.9 Å². The first-order valence-corrected chi connectivity index (χ1v) is 10.7. The fraction of sp³-hybridized carbons (Fsp3) is 0.0909. The largest absolute Gasteiger partial charge is 0.493 e. The number of anilines is 1. The van der Waals surface area contributed by atoms with E-state index in [-0.39, 0.29) is 10.8 Å². The molecule has 0 radical (unpaired) electrons. The number of nitrogens with zero attached hydrogens (tertiary/aromatic N) is 2. The highest BCUT2D eigenvalue weighted by Crippen LogP contribution is 2.31. The number of hydrogen-bond acceptors (Lipinski definition) is 7. The van der Waals surface area contributed by atoms with Gasteiger partial charge in [0.1, 0.15) is 0 Å². The lowest BCUT2D eigenvalue weighted by molar-refractivity contribution is 0.354. The third-order valence-electron chi connectivity index (χ3n) is 4.47. The van der Waals surface area contributed by atoms with Crippen LogP contribution in [0.25, 0.3) is 22.9 Å². The number of ether oxygens (including phenoxy) is 2. The van der Waals surface area contributed by atoms with Crippen molar-refractivity contribution in [1.82, 2.24) is 10.2 Å². The van der Waals surface area contributed by atoms with Crippen LogP contribution in [0.3, 0.4) is 0 Å². The minimum absolute atomic E-state index is 0.0414. The van der Waals surface area contributed by atoms with Crippen LogP contribution in [-0.2, 0) is 10.0 Å². The van der Waals surface area contributed by atoms with Gasteiger partial charge in [0.15, 0.2) is 11.5 Å². The summed E-state index contributed by atoms with van der Waals surface area (Å²) in [5.41, 5.74) is 1.74. The minimum atomic E-state index is -3.86. The maximum atomic E-state index is 12.8. The monoisotopic (exact) mass is 437 g/mol. The van der Waals surface area contributed by atoms with Crippen molar-refractivity contribution >= 4 is 15.7 Å². The van der Waals surface area contributed by atoms with Gasteiger partial charge in [0.2, 0.25) is 11.8 Å². The van der Waals surface area contributed by atoms with E-state index in [1.807, 2.05) is 30.3 Å². The van der Waals surface area contributed by atoms with Crippen molar-refractivity contribution in [3.8, 4) is 34.4 Å². The summed E-state index contributed by atoms with van der Waals surface area (Å²) in [4.78, 5) is 0.0414. The van der Waals surface area contributed by atoms with Crippen molar-refractivity contribution in [2.24, 2.45) is 0 Å². The molecular weight excluding hydrogens is 418 g/mol. The van der Waals surface area contributed by atoms with Crippen molar-refractivity contribution < 1.29 is 22.3 Å². The molecule has 0 fully saturated rings. The van der Waals surface area contributed by atoms with Gasteiger partial charge in [-0.3, -0.25) is 4.72 Å². The zero-order valence-corrected chi connectivity index (χ0v) is 17.6. The van der Waals surface area contributed by atoms with E-state index in [4.69, 9.17) is 13.9 Å². The number of hydrogen-bond donors (Lipinski definition) is 1. The fourth-order valence-electron chi connectivity index (χ4n) is 2.95. The van der Waals surface area contributed by atoms with E-state index < -0.39 is 10.0 Å². The molecule has 0 saturated carbocycles. The molecule has 158 valence electrons. The van der Waals surface area contributed by atoms with Crippen LogP contribution in [0.15, 0.2) is 82.1 Å². The number of sulfonamides is 1. The summed E-state index contributed by atoms with van der Waals surface area (Å²) in [6.45, 7) is 0. The molecule has 1 N–H and O–H groups in total. The standard InChI is InChI=1S/C22H19N3O5S/c1-28-19-12-11-18(14-20(19)29-2)31(26,27)25-17-10-6-9-16(13-17)22-24-23-21(30-22)15-7-4-3-5-8-15/h3-14,25H,1-2H3.